The number of fused-ring (bicyclic) bond motifs is 4. The first-order valence-electron chi connectivity index (χ1n) is 15.9. The van der Waals surface area contributed by atoms with Crippen molar-refractivity contribution in [3.8, 4) is 51.1 Å². The van der Waals surface area contributed by atoms with Gasteiger partial charge >= 0.3 is 0 Å². The lowest BCUT2D eigenvalue weighted by atomic mass is 9.95. The van der Waals surface area contributed by atoms with E-state index in [-0.39, 0.29) is 29.7 Å². The number of carbonyl (C=O) groups is 2. The topological polar surface area (TPSA) is 146 Å². The number of nitrogens with one attached hydrogen (secondary N) is 3. The third-order valence-corrected chi connectivity index (χ3v) is 9.98. The smallest absolute Gasteiger partial charge is 0.248 e. The van der Waals surface area contributed by atoms with Crippen LogP contribution < -0.4 is 45.1 Å². The monoisotopic (exact) mass is 718 g/mol. The number of amides is 2. The molecule has 2 atom stereocenters. The lowest BCUT2D eigenvalue weighted by Gasteiger charge is -2.19. The maximum Gasteiger partial charge on any atom is 0.248 e. The van der Waals surface area contributed by atoms with Crippen LogP contribution in [0.5, 0.6) is 28.7 Å². The zero-order valence-electron chi connectivity index (χ0n) is 28.3. The van der Waals surface area contributed by atoms with E-state index in [1.165, 1.54) is 31.4 Å². The summed E-state index contributed by atoms with van der Waals surface area (Å²) in [6.07, 6.45) is 3.53. The predicted molar refractivity (Wildman–Crippen MR) is 195 cm³/mol. The van der Waals surface area contributed by atoms with Crippen molar-refractivity contribution in [3.05, 3.63) is 69.2 Å². The molecule has 1 aliphatic carbocycles. The Balaban J connectivity index is 1.34. The molecule has 14 heteroatoms. The average molecular weight is 719 g/mol. The first-order chi connectivity index (χ1) is 24.2. The average Bonchev–Trinajstić information content (AvgIpc) is 3.72. The molecule has 1 aromatic heterocycles. The largest absolute Gasteiger partial charge is 0.493 e. The van der Waals surface area contributed by atoms with Crippen LogP contribution in [0.1, 0.15) is 36.9 Å². The van der Waals surface area contributed by atoms with Crippen LogP contribution in [0.15, 0.2) is 52.6 Å². The van der Waals surface area contributed by atoms with Gasteiger partial charge in [-0.2, -0.15) is 11.8 Å². The molecule has 2 heterocycles. The molecule has 0 unspecified atom stereocenters. The highest BCUT2D eigenvalue weighted by Gasteiger charge is 2.30. The molecule has 1 aliphatic heterocycles. The summed E-state index contributed by atoms with van der Waals surface area (Å²) in [5, 5.41) is 11.5. The van der Waals surface area contributed by atoms with Crippen molar-refractivity contribution in [3.63, 3.8) is 0 Å². The van der Waals surface area contributed by atoms with E-state index in [0.29, 0.717) is 75.7 Å². The SMILES string of the molecule is COc1cc2c(c(OC)c1OC)-c1ccc(N[C@H](CCSC)C(=O)Nc3nc(-c4ccc5c(c4)OCO5)cs3)c(=O)cc1[C@H](NC(C)=O)CC2. The summed E-state index contributed by atoms with van der Waals surface area (Å²) in [6.45, 7) is 1.63. The summed E-state index contributed by atoms with van der Waals surface area (Å²) in [4.78, 5) is 44.6. The van der Waals surface area contributed by atoms with Gasteiger partial charge in [0.1, 0.15) is 6.04 Å². The highest BCUT2D eigenvalue weighted by Crippen LogP contribution is 2.50. The zero-order chi connectivity index (χ0) is 35.4. The lowest BCUT2D eigenvalue weighted by molar-refractivity contribution is -0.120. The zero-order valence-corrected chi connectivity index (χ0v) is 30.0. The summed E-state index contributed by atoms with van der Waals surface area (Å²) < 4.78 is 28.1. The number of hydrogen-bond acceptors (Lipinski definition) is 12. The number of nitrogens with zero attached hydrogens (tertiary/aromatic N) is 1. The summed E-state index contributed by atoms with van der Waals surface area (Å²) in [6, 6.07) is 11.3. The first kappa shape index (κ1) is 34.9. The van der Waals surface area contributed by atoms with Crippen LogP contribution in [0, 0.1) is 0 Å². The van der Waals surface area contributed by atoms with Crippen molar-refractivity contribution in [2.24, 2.45) is 0 Å². The molecule has 0 bridgehead atoms. The highest BCUT2D eigenvalue weighted by molar-refractivity contribution is 7.98. The number of thioether (sulfide) groups is 1. The number of ether oxygens (including phenoxy) is 5. The highest BCUT2D eigenvalue weighted by atomic mass is 32.2. The maximum atomic E-state index is 13.9. The number of methoxy groups -OCH3 is 3. The molecule has 0 spiro atoms. The van der Waals surface area contributed by atoms with Gasteiger partial charge < -0.3 is 39.6 Å². The molecule has 2 amide bonds. The Morgan fingerprint density at radius 2 is 1.84 bits per heavy atom. The Hall–Kier alpha value is -4.95. The normalized spacial score (nSPS) is 14.8. The van der Waals surface area contributed by atoms with Crippen molar-refractivity contribution < 1.29 is 33.3 Å². The van der Waals surface area contributed by atoms with Crippen molar-refractivity contribution in [1.82, 2.24) is 10.3 Å². The molecular formula is C36H38N4O8S2. The van der Waals surface area contributed by atoms with Gasteiger partial charge in [0.2, 0.25) is 29.8 Å². The number of aromatic nitrogens is 1. The summed E-state index contributed by atoms with van der Waals surface area (Å²) in [5.74, 6) is 2.85. The summed E-state index contributed by atoms with van der Waals surface area (Å²) >= 11 is 2.91. The van der Waals surface area contributed by atoms with Crippen molar-refractivity contribution in [2.75, 3.05) is 50.8 Å². The van der Waals surface area contributed by atoms with Gasteiger partial charge in [-0.15, -0.1) is 11.3 Å². The molecule has 2 aliphatic rings. The second-order valence-corrected chi connectivity index (χ2v) is 13.5. The van der Waals surface area contributed by atoms with E-state index in [4.69, 9.17) is 23.7 Å². The second-order valence-electron chi connectivity index (χ2n) is 11.7. The molecule has 3 N–H and O–H groups in total. The molecule has 3 aromatic carbocycles. The standard InChI is InChI=1S/C36H38N4O8S2/c1-19(41)37-24-9-6-21-15-31(44-2)33(45-3)34(46-4)32(21)22-8-10-25(28(42)16-23(22)24)38-26(12-13-49-5)35(43)40-36-39-27(17-50-36)20-7-11-29-30(14-20)48-18-47-29/h7-8,10-11,14-17,24,26H,6,9,12-13,18H2,1-5H3,(H,37,41)(H,38,42)(H,39,40,43)/t24-,26-/m1/s1. The third kappa shape index (κ3) is 7.17. The van der Waals surface area contributed by atoms with Crippen LogP contribution in [0.25, 0.3) is 22.4 Å². The Kier molecular flexibility index (Phi) is 10.7. The van der Waals surface area contributed by atoms with E-state index in [0.717, 1.165) is 16.7 Å². The lowest BCUT2D eigenvalue weighted by Crippen LogP contribution is -2.36. The maximum absolute atomic E-state index is 13.9. The minimum atomic E-state index is -0.743. The number of anilines is 2. The van der Waals surface area contributed by atoms with Crippen LogP contribution in [0.4, 0.5) is 10.8 Å². The van der Waals surface area contributed by atoms with Gasteiger partial charge in [-0.25, -0.2) is 4.98 Å². The van der Waals surface area contributed by atoms with Gasteiger partial charge in [-0.1, -0.05) is 6.07 Å². The van der Waals surface area contributed by atoms with Gasteiger partial charge in [0, 0.05) is 23.4 Å². The van der Waals surface area contributed by atoms with Crippen LogP contribution in [0.2, 0.25) is 0 Å². The fraction of sp³-hybridized carbons (Fsp3) is 0.333. The Bertz CT molecular complexity index is 1980. The number of thiazole rings is 1. The number of aryl methyl sites for hydroxylation is 1. The fourth-order valence-electron chi connectivity index (χ4n) is 6.23. The van der Waals surface area contributed by atoms with Crippen LogP contribution in [-0.4, -0.2) is 63.0 Å². The van der Waals surface area contributed by atoms with Gasteiger partial charge in [-0.05, 0) is 84.4 Å². The van der Waals surface area contributed by atoms with E-state index in [2.05, 4.69) is 20.9 Å². The van der Waals surface area contributed by atoms with Crippen molar-refractivity contribution >= 4 is 45.7 Å². The summed E-state index contributed by atoms with van der Waals surface area (Å²) in [7, 11) is 4.65. The molecule has 0 saturated carbocycles. The molecule has 0 fully saturated rings. The van der Waals surface area contributed by atoms with Crippen molar-refractivity contribution in [2.45, 2.75) is 38.3 Å². The predicted octanol–water partition coefficient (Wildman–Crippen LogP) is 5.89. The molecular weight excluding hydrogens is 681 g/mol. The van der Waals surface area contributed by atoms with Crippen molar-refractivity contribution in [1.29, 1.82) is 0 Å². The van der Waals surface area contributed by atoms with Gasteiger partial charge in [0.15, 0.2) is 28.1 Å². The first-order valence-corrected chi connectivity index (χ1v) is 18.2. The second kappa shape index (κ2) is 15.3. The van der Waals surface area contributed by atoms with Crippen LogP contribution >= 0.6 is 23.1 Å². The fourth-order valence-corrected chi connectivity index (χ4v) is 7.43. The number of hydrogen-bond donors (Lipinski definition) is 3. The molecule has 6 rings (SSSR count). The molecule has 12 nitrogen and oxygen atoms in total. The minimum absolute atomic E-state index is 0.177. The van der Waals surface area contributed by atoms with Gasteiger partial charge in [-0.3, -0.25) is 14.4 Å². The van der Waals surface area contributed by atoms with Crippen LogP contribution in [0.3, 0.4) is 0 Å². The van der Waals surface area contributed by atoms with Crippen LogP contribution in [-0.2, 0) is 16.0 Å². The molecule has 4 aromatic rings. The molecule has 262 valence electrons. The quantitative estimate of drug-likeness (QED) is 0.161. The number of carbonyl (C=O) groups excluding carboxylic acids is 2. The minimum Gasteiger partial charge on any atom is -0.493 e. The van der Waals surface area contributed by atoms with E-state index in [9.17, 15) is 14.4 Å². The van der Waals surface area contributed by atoms with E-state index in [1.807, 2.05) is 42.0 Å². The summed E-state index contributed by atoms with van der Waals surface area (Å²) in [5.41, 5.74) is 4.43. The van der Waals surface area contributed by atoms with Gasteiger partial charge in [0.05, 0.1) is 38.8 Å². The van der Waals surface area contributed by atoms with E-state index in [1.54, 1.807) is 32.0 Å². The third-order valence-electron chi connectivity index (χ3n) is 8.58. The Morgan fingerprint density at radius 1 is 1.04 bits per heavy atom. The molecule has 50 heavy (non-hydrogen) atoms. The number of benzene rings is 2. The Morgan fingerprint density at radius 3 is 2.58 bits per heavy atom. The van der Waals surface area contributed by atoms with E-state index < -0.39 is 12.1 Å². The Labute approximate surface area is 297 Å². The number of rotatable bonds is 12. The molecule has 0 radical (unpaired) electrons. The molecule has 0 saturated heterocycles. The van der Waals surface area contributed by atoms with Gasteiger partial charge in [0.25, 0.3) is 0 Å². The van der Waals surface area contributed by atoms with E-state index >= 15 is 0 Å².